The molecule has 0 radical (unpaired) electrons. The van der Waals surface area contributed by atoms with Crippen molar-refractivity contribution in [3.8, 4) is 0 Å². The monoisotopic (exact) mass is 149 g/mol. The van der Waals surface area contributed by atoms with E-state index in [1.54, 1.807) is 0 Å². The molecule has 0 aromatic heterocycles. The average Bonchev–Trinajstić information content (AvgIpc) is 1.98. The lowest BCUT2D eigenvalue weighted by molar-refractivity contribution is -0.127. The molecule has 1 amide bonds. The summed E-state index contributed by atoms with van der Waals surface area (Å²) in [5.41, 5.74) is 0.995. The van der Waals surface area contributed by atoms with Gasteiger partial charge >= 0.3 is 5.91 Å². The maximum atomic E-state index is 12.0. The molecule has 56 valence electrons. The van der Waals surface area contributed by atoms with Gasteiger partial charge < -0.3 is 4.74 Å². The van der Waals surface area contributed by atoms with Crippen molar-refractivity contribution in [3.05, 3.63) is 12.1 Å². The molecule has 0 rings (SSSR count). The summed E-state index contributed by atoms with van der Waals surface area (Å²) in [6.07, 6.45) is 0.262. The van der Waals surface area contributed by atoms with Crippen LogP contribution in [0.4, 0.5) is 4.39 Å². The summed E-state index contributed by atoms with van der Waals surface area (Å²) >= 11 is 0. The van der Waals surface area contributed by atoms with Crippen molar-refractivity contribution < 1.29 is 23.9 Å². The van der Waals surface area contributed by atoms with Gasteiger partial charge in [0.05, 0.1) is 0 Å². The summed E-state index contributed by atoms with van der Waals surface area (Å²) in [5.74, 6) is -2.77. The van der Waals surface area contributed by atoms with Crippen molar-refractivity contribution in [2.24, 2.45) is 0 Å². The van der Waals surface area contributed by atoms with Gasteiger partial charge in [-0.2, -0.15) is 4.39 Å². The first-order valence-electron chi connectivity index (χ1n) is 2.11. The van der Waals surface area contributed by atoms with Crippen molar-refractivity contribution >= 4 is 12.4 Å². The maximum Gasteiger partial charge on any atom is 0.306 e. The van der Waals surface area contributed by atoms with Gasteiger partial charge in [-0.25, -0.2) is 5.48 Å². The van der Waals surface area contributed by atoms with Crippen LogP contribution in [-0.2, 0) is 14.3 Å². The molecule has 0 spiro atoms. The van der Waals surface area contributed by atoms with Gasteiger partial charge in [0.15, 0.2) is 0 Å². The van der Waals surface area contributed by atoms with E-state index in [1.165, 1.54) is 0 Å². The van der Waals surface area contributed by atoms with Crippen LogP contribution in [0.5, 0.6) is 0 Å². The van der Waals surface area contributed by atoms with Crippen molar-refractivity contribution in [1.82, 2.24) is 5.48 Å². The van der Waals surface area contributed by atoms with Crippen LogP contribution < -0.4 is 5.48 Å². The number of carbonyl (C=O) groups is 2. The zero-order valence-electron chi connectivity index (χ0n) is 4.70. The summed E-state index contributed by atoms with van der Waals surface area (Å²) in [5, 5.41) is 7.78. The molecule has 0 heterocycles. The van der Waals surface area contributed by atoms with E-state index in [0.29, 0.717) is 0 Å². The Hall–Kier alpha value is -1.43. The predicted molar refractivity (Wildman–Crippen MR) is 26.3 cm³/mol. The summed E-state index contributed by atoms with van der Waals surface area (Å²) in [4.78, 5) is 19.4. The van der Waals surface area contributed by atoms with Gasteiger partial charge in [0.25, 0.3) is 6.47 Å². The van der Waals surface area contributed by atoms with Crippen LogP contribution in [0.3, 0.4) is 0 Å². The maximum absolute atomic E-state index is 12.0. The summed E-state index contributed by atoms with van der Waals surface area (Å²) in [6.45, 7) is -0.0652. The first-order valence-corrected chi connectivity index (χ1v) is 2.11. The minimum absolute atomic E-state index is 0.0652. The normalized spacial score (nSPS) is 10.4. The molecule has 0 aromatic carbocycles. The first kappa shape index (κ1) is 8.57. The minimum atomic E-state index is -1.39. The van der Waals surface area contributed by atoms with Gasteiger partial charge in [0, 0.05) is 0 Å². The van der Waals surface area contributed by atoms with Gasteiger partial charge in [0.1, 0.15) is 6.26 Å². The molecule has 0 aliphatic rings. The molecule has 0 bridgehead atoms. The lowest BCUT2D eigenvalue weighted by Crippen LogP contribution is -2.18. The molecule has 0 fully saturated rings. The highest BCUT2D eigenvalue weighted by Crippen LogP contribution is 1.93. The SMILES string of the molecule is O=CO/C=C(\F)C(=O)NO. The van der Waals surface area contributed by atoms with Crippen LogP contribution in [-0.4, -0.2) is 17.6 Å². The number of carbonyl (C=O) groups excluding carboxylic acids is 2. The average molecular weight is 149 g/mol. The second-order valence-electron chi connectivity index (χ2n) is 1.14. The van der Waals surface area contributed by atoms with E-state index in [9.17, 15) is 14.0 Å². The number of ether oxygens (including phenoxy) is 1. The molecule has 0 saturated carbocycles. The van der Waals surface area contributed by atoms with E-state index in [1.807, 2.05) is 0 Å². The van der Waals surface area contributed by atoms with E-state index < -0.39 is 11.7 Å². The van der Waals surface area contributed by atoms with E-state index in [4.69, 9.17) is 5.21 Å². The summed E-state index contributed by atoms with van der Waals surface area (Å²) in [6, 6.07) is 0. The molecule has 6 heteroatoms. The van der Waals surface area contributed by atoms with Crippen LogP contribution >= 0.6 is 0 Å². The van der Waals surface area contributed by atoms with Gasteiger partial charge in [-0.05, 0) is 0 Å². The third kappa shape index (κ3) is 2.78. The minimum Gasteiger partial charge on any atom is -0.433 e. The van der Waals surface area contributed by atoms with Crippen molar-refractivity contribution in [1.29, 1.82) is 0 Å². The zero-order chi connectivity index (χ0) is 7.98. The molecule has 0 saturated heterocycles. The van der Waals surface area contributed by atoms with Crippen molar-refractivity contribution in [2.75, 3.05) is 0 Å². The highest BCUT2D eigenvalue weighted by Gasteiger charge is 2.05. The molecule has 0 aliphatic heterocycles. The fourth-order valence-corrected chi connectivity index (χ4v) is 0.194. The number of hydroxylamine groups is 1. The van der Waals surface area contributed by atoms with E-state index in [2.05, 4.69) is 4.74 Å². The van der Waals surface area contributed by atoms with Gasteiger partial charge in [-0.3, -0.25) is 14.8 Å². The topological polar surface area (TPSA) is 75.6 Å². The molecule has 0 unspecified atom stereocenters. The molecular weight excluding hydrogens is 145 g/mol. The number of nitrogens with one attached hydrogen (secondary N) is 1. The number of rotatable bonds is 3. The van der Waals surface area contributed by atoms with Gasteiger partial charge in [-0.15, -0.1) is 0 Å². The number of halogens is 1. The van der Waals surface area contributed by atoms with E-state index in [0.717, 1.165) is 5.48 Å². The van der Waals surface area contributed by atoms with Gasteiger partial charge in [0.2, 0.25) is 5.83 Å². The lowest BCUT2D eigenvalue weighted by Gasteiger charge is -1.91. The predicted octanol–water partition coefficient (Wildman–Crippen LogP) is -0.524. The Labute approximate surface area is 55.0 Å². The largest absolute Gasteiger partial charge is 0.433 e. The standard InChI is InChI=1S/C4H4FNO4/c5-3(1-10-2-7)4(8)6-9/h1-2,9H,(H,6,8)/b3-1-. The summed E-state index contributed by atoms with van der Waals surface area (Å²) < 4.78 is 15.7. The van der Waals surface area contributed by atoms with Crippen LogP contribution in [0.1, 0.15) is 0 Å². The Morgan fingerprint density at radius 2 is 2.30 bits per heavy atom. The highest BCUT2D eigenvalue weighted by molar-refractivity contribution is 5.89. The third-order valence-electron chi connectivity index (χ3n) is 0.546. The second-order valence-corrected chi connectivity index (χ2v) is 1.14. The number of amides is 1. The van der Waals surface area contributed by atoms with Gasteiger partial charge in [-0.1, -0.05) is 0 Å². The lowest BCUT2D eigenvalue weighted by atomic mass is 10.6. The zero-order valence-corrected chi connectivity index (χ0v) is 4.70. The number of hydrogen-bond acceptors (Lipinski definition) is 4. The second kappa shape index (κ2) is 4.45. The number of hydrogen-bond donors (Lipinski definition) is 2. The quantitative estimate of drug-likeness (QED) is 0.186. The molecule has 2 N–H and O–H groups in total. The Balaban J connectivity index is 3.91. The summed E-state index contributed by atoms with van der Waals surface area (Å²) in [7, 11) is 0. The van der Waals surface area contributed by atoms with Crippen LogP contribution in [0, 0.1) is 0 Å². The van der Waals surface area contributed by atoms with Crippen LogP contribution in [0.15, 0.2) is 12.1 Å². The Kier molecular flexibility index (Phi) is 3.81. The fraction of sp³-hybridized carbons (Fsp3) is 0. The molecule has 0 aliphatic carbocycles. The Bertz CT molecular complexity index is 167. The Morgan fingerprint density at radius 3 is 2.70 bits per heavy atom. The third-order valence-corrected chi connectivity index (χ3v) is 0.546. The fourth-order valence-electron chi connectivity index (χ4n) is 0.194. The molecule has 5 nitrogen and oxygen atoms in total. The molecule has 0 atom stereocenters. The van der Waals surface area contributed by atoms with E-state index in [-0.39, 0.29) is 12.7 Å². The molecule has 0 aromatic rings. The van der Waals surface area contributed by atoms with Crippen LogP contribution in [0.2, 0.25) is 0 Å². The smallest absolute Gasteiger partial charge is 0.306 e. The first-order chi connectivity index (χ1) is 4.72. The molecular formula is C4H4FNO4. The van der Waals surface area contributed by atoms with Crippen molar-refractivity contribution in [2.45, 2.75) is 0 Å². The van der Waals surface area contributed by atoms with Crippen molar-refractivity contribution in [3.63, 3.8) is 0 Å². The molecule has 10 heavy (non-hydrogen) atoms. The Morgan fingerprint density at radius 1 is 1.70 bits per heavy atom. The van der Waals surface area contributed by atoms with E-state index >= 15 is 0 Å². The van der Waals surface area contributed by atoms with Crippen LogP contribution in [0.25, 0.3) is 0 Å². The highest BCUT2D eigenvalue weighted by atomic mass is 19.1.